The van der Waals surface area contributed by atoms with Crippen molar-refractivity contribution < 1.29 is 12.7 Å². The maximum absolute atomic E-state index is 11.7. The van der Waals surface area contributed by atoms with E-state index in [0.29, 0.717) is 23.8 Å². The molecular formula is C13H21NO3S2. The van der Waals surface area contributed by atoms with Crippen LogP contribution in [-0.2, 0) is 14.4 Å². The Morgan fingerprint density at radius 3 is 2.79 bits per heavy atom. The summed E-state index contributed by atoms with van der Waals surface area (Å²) < 4.78 is 28.0. The molecule has 0 bridgehead atoms. The molecular weight excluding hydrogens is 282 g/mol. The van der Waals surface area contributed by atoms with Gasteiger partial charge in [0.1, 0.15) is 5.04 Å². The van der Waals surface area contributed by atoms with Crippen LogP contribution >= 0.6 is 11.8 Å². The summed E-state index contributed by atoms with van der Waals surface area (Å²) in [6.45, 7) is 0. The molecule has 0 radical (unpaired) electrons. The molecule has 0 N–H and O–H groups in total. The Morgan fingerprint density at radius 1 is 1.32 bits per heavy atom. The van der Waals surface area contributed by atoms with E-state index in [9.17, 15) is 8.42 Å². The Kier molecular flexibility index (Phi) is 5.76. The lowest BCUT2D eigenvalue weighted by Crippen LogP contribution is -2.12. The summed E-state index contributed by atoms with van der Waals surface area (Å²) in [5.74, 6) is 0.795. The molecule has 1 fully saturated rings. The van der Waals surface area contributed by atoms with Crippen molar-refractivity contribution in [2.75, 3.05) is 5.75 Å². The fourth-order valence-corrected chi connectivity index (χ4v) is 4.01. The highest BCUT2D eigenvalue weighted by Crippen LogP contribution is 2.27. The van der Waals surface area contributed by atoms with Crippen LogP contribution in [0.1, 0.15) is 51.4 Å². The number of nitrogens with zero attached hydrogens (tertiary/aromatic N) is 1. The Labute approximate surface area is 119 Å². The Balaban J connectivity index is 1.67. The lowest BCUT2D eigenvalue weighted by molar-refractivity contribution is 0.324. The van der Waals surface area contributed by atoms with Gasteiger partial charge in [-0.3, -0.25) is 4.28 Å². The zero-order valence-electron chi connectivity index (χ0n) is 11.1. The first-order valence-corrected chi connectivity index (χ1v) is 9.41. The van der Waals surface area contributed by atoms with Crippen molar-refractivity contribution in [2.45, 2.75) is 51.4 Å². The molecule has 0 amide bonds. The normalized spacial score (nSPS) is 23.1. The largest absolute Gasteiger partial charge is 0.328 e. The van der Waals surface area contributed by atoms with Gasteiger partial charge in [0.25, 0.3) is 0 Å². The van der Waals surface area contributed by atoms with Gasteiger partial charge < -0.3 is 0 Å². The number of rotatable bonds is 6. The van der Waals surface area contributed by atoms with Gasteiger partial charge in [-0.25, -0.2) is 0 Å². The summed E-state index contributed by atoms with van der Waals surface area (Å²) in [4.78, 5) is 0. The molecule has 1 heterocycles. The van der Waals surface area contributed by atoms with Gasteiger partial charge >= 0.3 is 10.1 Å². The minimum Gasteiger partial charge on any atom is -0.268 e. The minimum absolute atomic E-state index is 0.0817. The zero-order chi connectivity index (χ0) is 13.6. The lowest BCUT2D eigenvalue weighted by Gasteiger charge is -2.20. The molecule has 0 aromatic rings. The van der Waals surface area contributed by atoms with Crippen molar-refractivity contribution in [3.05, 3.63) is 11.5 Å². The van der Waals surface area contributed by atoms with E-state index in [4.69, 9.17) is 4.28 Å². The van der Waals surface area contributed by atoms with Gasteiger partial charge in [-0.15, -0.1) is 0 Å². The molecule has 1 aliphatic heterocycles. The molecule has 19 heavy (non-hydrogen) atoms. The van der Waals surface area contributed by atoms with Gasteiger partial charge in [-0.1, -0.05) is 55.1 Å². The second-order valence-electron chi connectivity index (χ2n) is 5.16. The van der Waals surface area contributed by atoms with E-state index in [-0.39, 0.29) is 5.75 Å². The highest BCUT2D eigenvalue weighted by Gasteiger charge is 2.17. The minimum atomic E-state index is -3.50. The van der Waals surface area contributed by atoms with Crippen molar-refractivity contribution in [3.8, 4) is 0 Å². The van der Waals surface area contributed by atoms with E-state index in [2.05, 4.69) is 5.16 Å². The second-order valence-corrected chi connectivity index (χ2v) is 7.81. The van der Waals surface area contributed by atoms with Crippen LogP contribution in [0, 0.1) is 5.92 Å². The molecule has 1 aliphatic carbocycles. The van der Waals surface area contributed by atoms with E-state index in [1.165, 1.54) is 43.9 Å². The lowest BCUT2D eigenvalue weighted by atomic mass is 9.86. The van der Waals surface area contributed by atoms with Crippen molar-refractivity contribution in [1.29, 1.82) is 0 Å². The van der Waals surface area contributed by atoms with Crippen molar-refractivity contribution in [3.63, 3.8) is 0 Å². The zero-order valence-corrected chi connectivity index (χ0v) is 12.7. The van der Waals surface area contributed by atoms with E-state index in [1.54, 1.807) is 0 Å². The number of hydrogen-bond donors (Lipinski definition) is 0. The first kappa shape index (κ1) is 14.9. The summed E-state index contributed by atoms with van der Waals surface area (Å²) in [5, 5.41) is 6.28. The number of allylic oxidation sites excluding steroid dienone is 1. The third-order valence-corrected chi connectivity index (χ3v) is 5.51. The maximum Gasteiger partial charge on any atom is 0.328 e. The number of oxime groups is 1. The first-order valence-electron chi connectivity index (χ1n) is 6.95. The first-order chi connectivity index (χ1) is 9.16. The molecule has 4 nitrogen and oxygen atoms in total. The molecule has 0 unspecified atom stereocenters. The Morgan fingerprint density at radius 2 is 2.11 bits per heavy atom. The summed E-state index contributed by atoms with van der Waals surface area (Å²) >= 11 is 1.41. The third-order valence-electron chi connectivity index (χ3n) is 3.58. The maximum atomic E-state index is 11.7. The van der Waals surface area contributed by atoms with Gasteiger partial charge in [-0.2, -0.15) is 8.42 Å². The van der Waals surface area contributed by atoms with E-state index >= 15 is 0 Å². The summed E-state index contributed by atoms with van der Waals surface area (Å²) in [6, 6.07) is 0. The molecule has 0 saturated heterocycles. The standard InChI is InChI=1S/C13H21NO3S2/c15-19(16,17-14-13-9-4-10-18-13)11-5-8-12-6-2-1-3-7-12/h4,10,12H,1-3,5-9,11H2/b14-13-. The van der Waals surface area contributed by atoms with Gasteiger partial charge in [0, 0.05) is 6.42 Å². The molecule has 2 aliphatic rings. The monoisotopic (exact) mass is 303 g/mol. The van der Waals surface area contributed by atoms with Crippen LogP contribution in [0.3, 0.4) is 0 Å². The summed E-state index contributed by atoms with van der Waals surface area (Å²) in [6.07, 6.45) is 10.7. The predicted octanol–water partition coefficient (Wildman–Crippen LogP) is 3.66. The van der Waals surface area contributed by atoms with Crippen molar-refractivity contribution >= 4 is 26.9 Å². The van der Waals surface area contributed by atoms with Gasteiger partial charge in [0.15, 0.2) is 0 Å². The fourth-order valence-electron chi connectivity index (χ4n) is 2.54. The summed E-state index contributed by atoms with van der Waals surface area (Å²) in [7, 11) is -3.50. The van der Waals surface area contributed by atoms with E-state index in [0.717, 1.165) is 6.42 Å². The van der Waals surface area contributed by atoms with Crippen molar-refractivity contribution in [1.82, 2.24) is 0 Å². The number of thioether (sulfide) groups is 1. The van der Waals surface area contributed by atoms with Crippen LogP contribution in [0.5, 0.6) is 0 Å². The molecule has 0 aromatic heterocycles. The van der Waals surface area contributed by atoms with Crippen LogP contribution in [-0.4, -0.2) is 19.2 Å². The van der Waals surface area contributed by atoms with E-state index < -0.39 is 10.1 Å². The average Bonchev–Trinajstić information content (AvgIpc) is 2.91. The summed E-state index contributed by atoms with van der Waals surface area (Å²) in [5.41, 5.74) is 0. The highest BCUT2D eigenvalue weighted by molar-refractivity contribution is 8.16. The Bertz CT molecular complexity index is 427. The van der Waals surface area contributed by atoms with Crippen LogP contribution in [0.4, 0.5) is 0 Å². The molecule has 0 spiro atoms. The molecule has 6 heteroatoms. The molecule has 108 valence electrons. The van der Waals surface area contributed by atoms with Gasteiger partial charge in [0.2, 0.25) is 0 Å². The Hall–Kier alpha value is -0.490. The smallest absolute Gasteiger partial charge is 0.268 e. The second kappa shape index (κ2) is 7.33. The topological polar surface area (TPSA) is 55.7 Å². The third kappa shape index (κ3) is 5.57. The van der Waals surface area contributed by atoms with Gasteiger partial charge in [0.05, 0.1) is 5.75 Å². The van der Waals surface area contributed by atoms with Crippen LogP contribution in [0.25, 0.3) is 0 Å². The van der Waals surface area contributed by atoms with Gasteiger partial charge in [-0.05, 0) is 24.2 Å². The molecule has 0 atom stereocenters. The van der Waals surface area contributed by atoms with Crippen LogP contribution < -0.4 is 0 Å². The fraction of sp³-hybridized carbons (Fsp3) is 0.769. The quantitative estimate of drug-likeness (QED) is 0.703. The van der Waals surface area contributed by atoms with Crippen LogP contribution in [0.2, 0.25) is 0 Å². The van der Waals surface area contributed by atoms with Crippen LogP contribution in [0.15, 0.2) is 16.6 Å². The highest BCUT2D eigenvalue weighted by atomic mass is 32.2. The molecule has 1 saturated carbocycles. The predicted molar refractivity (Wildman–Crippen MR) is 79.5 cm³/mol. The molecule has 2 rings (SSSR count). The SMILES string of the molecule is O=S(=O)(CCCC1CCCCC1)O/N=C1/CC=CS1. The van der Waals surface area contributed by atoms with Crippen molar-refractivity contribution in [2.24, 2.45) is 11.1 Å². The number of hydrogen-bond acceptors (Lipinski definition) is 5. The van der Waals surface area contributed by atoms with E-state index in [1.807, 2.05) is 11.5 Å². The average molecular weight is 303 g/mol. The molecule has 0 aromatic carbocycles.